The third-order valence-corrected chi connectivity index (χ3v) is 2.89. The van der Waals surface area contributed by atoms with E-state index in [1.165, 1.54) is 6.20 Å². The number of hydrogen-bond acceptors (Lipinski definition) is 6. The largest absolute Gasteiger partial charge is 0.478 e. The fourth-order valence-corrected chi connectivity index (χ4v) is 1.85. The lowest BCUT2D eigenvalue weighted by atomic mass is 10.2. The minimum atomic E-state index is -1.11. The Morgan fingerprint density at radius 2 is 2.33 bits per heavy atom. The molecule has 2 N–H and O–H groups in total. The molecule has 0 aromatic carbocycles. The van der Waals surface area contributed by atoms with Crippen LogP contribution in [-0.4, -0.2) is 31.6 Å². The van der Waals surface area contributed by atoms with E-state index in [-0.39, 0.29) is 12.0 Å². The first-order valence-corrected chi connectivity index (χ1v) is 6.32. The monoisotopic (exact) mass is 286 g/mol. The molecule has 0 radical (unpaired) electrons. The molecule has 2 rings (SSSR count). The van der Waals surface area contributed by atoms with Gasteiger partial charge < -0.3 is 5.11 Å². The van der Waals surface area contributed by atoms with Gasteiger partial charge in [0, 0.05) is 18.5 Å². The van der Waals surface area contributed by atoms with Crippen molar-refractivity contribution in [3.63, 3.8) is 0 Å². The van der Waals surface area contributed by atoms with Crippen LogP contribution < -0.4 is 5.43 Å². The molecule has 2 aromatic rings. The van der Waals surface area contributed by atoms with Crippen LogP contribution in [0.1, 0.15) is 30.6 Å². The Labute approximate surface area is 120 Å². The average molecular weight is 286 g/mol. The van der Waals surface area contributed by atoms with E-state index in [2.05, 4.69) is 20.6 Å². The SMILES string of the molecule is CCn1ncc2c(N/N=C(\C)CC#N)c(C(=O)O)cnc21. The Morgan fingerprint density at radius 1 is 1.57 bits per heavy atom. The van der Waals surface area contributed by atoms with E-state index in [0.29, 0.717) is 29.0 Å². The van der Waals surface area contributed by atoms with Crippen molar-refractivity contribution in [2.45, 2.75) is 26.8 Å². The van der Waals surface area contributed by atoms with Gasteiger partial charge in [-0.2, -0.15) is 15.5 Å². The van der Waals surface area contributed by atoms with E-state index in [1.807, 2.05) is 13.0 Å². The van der Waals surface area contributed by atoms with Crippen molar-refractivity contribution in [3.8, 4) is 6.07 Å². The number of rotatable bonds is 5. The van der Waals surface area contributed by atoms with Gasteiger partial charge in [-0.25, -0.2) is 14.5 Å². The molecule has 0 fully saturated rings. The van der Waals surface area contributed by atoms with Crippen molar-refractivity contribution < 1.29 is 9.90 Å². The van der Waals surface area contributed by atoms with Gasteiger partial charge in [-0.05, 0) is 13.8 Å². The van der Waals surface area contributed by atoms with Gasteiger partial charge in [-0.15, -0.1) is 0 Å². The summed E-state index contributed by atoms with van der Waals surface area (Å²) in [6.07, 6.45) is 2.99. The number of aryl methyl sites for hydroxylation is 1. The van der Waals surface area contributed by atoms with Crippen molar-refractivity contribution in [2.24, 2.45) is 5.10 Å². The molecular formula is C13H14N6O2. The van der Waals surface area contributed by atoms with Gasteiger partial charge in [0.1, 0.15) is 5.56 Å². The molecule has 0 saturated heterocycles. The molecule has 8 heteroatoms. The molecular weight excluding hydrogens is 272 g/mol. The molecule has 0 aliphatic heterocycles. The van der Waals surface area contributed by atoms with E-state index in [4.69, 9.17) is 5.26 Å². The topological polar surface area (TPSA) is 116 Å². The molecule has 21 heavy (non-hydrogen) atoms. The number of nitrogens with one attached hydrogen (secondary N) is 1. The second-order valence-electron chi connectivity index (χ2n) is 4.34. The van der Waals surface area contributed by atoms with Crippen LogP contribution in [0.25, 0.3) is 11.0 Å². The van der Waals surface area contributed by atoms with Crippen molar-refractivity contribution in [2.75, 3.05) is 5.43 Å². The van der Waals surface area contributed by atoms with Crippen molar-refractivity contribution in [1.82, 2.24) is 14.8 Å². The van der Waals surface area contributed by atoms with Crippen molar-refractivity contribution in [3.05, 3.63) is 18.0 Å². The quantitative estimate of drug-likeness (QED) is 0.640. The van der Waals surface area contributed by atoms with Crippen molar-refractivity contribution in [1.29, 1.82) is 5.26 Å². The lowest BCUT2D eigenvalue weighted by Gasteiger charge is -2.07. The van der Waals surface area contributed by atoms with Crippen LogP contribution in [0.4, 0.5) is 5.69 Å². The smallest absolute Gasteiger partial charge is 0.339 e. The summed E-state index contributed by atoms with van der Waals surface area (Å²) in [6.45, 7) is 4.23. The Hall–Kier alpha value is -2.95. The third-order valence-electron chi connectivity index (χ3n) is 2.89. The Balaban J connectivity index is 2.54. The molecule has 2 aromatic heterocycles. The number of nitrogens with zero attached hydrogens (tertiary/aromatic N) is 5. The normalized spacial score (nSPS) is 11.4. The number of fused-ring (bicyclic) bond motifs is 1. The lowest BCUT2D eigenvalue weighted by Crippen LogP contribution is -2.06. The summed E-state index contributed by atoms with van der Waals surface area (Å²) < 4.78 is 1.66. The van der Waals surface area contributed by atoms with E-state index < -0.39 is 5.97 Å². The van der Waals surface area contributed by atoms with Gasteiger partial charge in [-0.3, -0.25) is 5.43 Å². The molecule has 0 spiro atoms. The maximum Gasteiger partial charge on any atom is 0.339 e. The van der Waals surface area contributed by atoms with Crippen LogP contribution in [0.2, 0.25) is 0 Å². The summed E-state index contributed by atoms with van der Waals surface area (Å²) in [4.78, 5) is 15.4. The zero-order chi connectivity index (χ0) is 15.4. The van der Waals surface area contributed by atoms with Gasteiger partial charge in [0.2, 0.25) is 0 Å². The second-order valence-corrected chi connectivity index (χ2v) is 4.34. The van der Waals surface area contributed by atoms with Crippen LogP contribution in [0.5, 0.6) is 0 Å². The maximum absolute atomic E-state index is 11.3. The van der Waals surface area contributed by atoms with Crippen LogP contribution >= 0.6 is 0 Å². The summed E-state index contributed by atoms with van der Waals surface area (Å²) in [5.41, 5.74) is 4.19. The molecule has 0 bridgehead atoms. The highest BCUT2D eigenvalue weighted by atomic mass is 16.4. The number of nitriles is 1. The summed E-state index contributed by atoms with van der Waals surface area (Å²) >= 11 is 0. The fourth-order valence-electron chi connectivity index (χ4n) is 1.85. The van der Waals surface area contributed by atoms with Crippen LogP contribution in [-0.2, 0) is 6.54 Å². The predicted molar refractivity (Wildman–Crippen MR) is 77.1 cm³/mol. The Bertz CT molecular complexity index is 756. The molecule has 0 aliphatic carbocycles. The lowest BCUT2D eigenvalue weighted by molar-refractivity contribution is 0.0697. The first-order chi connectivity index (χ1) is 10.1. The minimum absolute atomic E-state index is 0.00617. The van der Waals surface area contributed by atoms with Crippen LogP contribution in [0, 0.1) is 11.3 Å². The number of hydrogen-bond donors (Lipinski definition) is 2. The van der Waals surface area contributed by atoms with Gasteiger partial charge >= 0.3 is 5.97 Å². The number of aromatic nitrogens is 3. The molecule has 2 heterocycles. The zero-order valence-corrected chi connectivity index (χ0v) is 11.7. The van der Waals surface area contributed by atoms with E-state index >= 15 is 0 Å². The van der Waals surface area contributed by atoms with E-state index in [0.717, 1.165) is 0 Å². The first-order valence-electron chi connectivity index (χ1n) is 6.32. The Morgan fingerprint density at radius 3 is 2.95 bits per heavy atom. The molecule has 8 nitrogen and oxygen atoms in total. The molecule has 0 atom stereocenters. The maximum atomic E-state index is 11.3. The van der Waals surface area contributed by atoms with Gasteiger partial charge in [0.15, 0.2) is 5.65 Å². The highest BCUT2D eigenvalue weighted by Crippen LogP contribution is 2.26. The highest BCUT2D eigenvalue weighted by Gasteiger charge is 2.17. The van der Waals surface area contributed by atoms with Gasteiger partial charge in [-0.1, -0.05) is 0 Å². The molecule has 0 unspecified atom stereocenters. The number of hydrazone groups is 1. The standard InChI is InChI=1S/C13H14N6O2/c1-3-19-12-9(7-16-19)11(10(6-15-12)13(20)21)18-17-8(2)4-5-14/h6-7H,3-4H2,1-2H3,(H,15,18)(H,20,21)/b17-8+. The third kappa shape index (κ3) is 2.81. The molecule has 108 valence electrons. The number of carboxylic acid groups (broad SMARTS) is 1. The molecule has 0 amide bonds. The zero-order valence-electron chi connectivity index (χ0n) is 11.7. The summed E-state index contributed by atoms with van der Waals surface area (Å²) in [6, 6.07) is 1.98. The van der Waals surface area contributed by atoms with Gasteiger partial charge in [0.05, 0.1) is 29.8 Å². The first kappa shape index (κ1) is 14.5. The van der Waals surface area contributed by atoms with Crippen molar-refractivity contribution >= 4 is 28.4 Å². The second kappa shape index (κ2) is 6.00. The van der Waals surface area contributed by atoms with Gasteiger partial charge in [0.25, 0.3) is 0 Å². The fraction of sp³-hybridized carbons (Fsp3) is 0.308. The number of carboxylic acids is 1. The number of pyridine rings is 1. The summed E-state index contributed by atoms with van der Waals surface area (Å²) in [7, 11) is 0. The van der Waals surface area contributed by atoms with E-state index in [9.17, 15) is 9.90 Å². The number of aromatic carboxylic acids is 1. The average Bonchev–Trinajstić information content (AvgIpc) is 2.87. The molecule has 0 saturated carbocycles. The summed E-state index contributed by atoms with van der Waals surface area (Å²) in [5.74, 6) is -1.11. The summed E-state index contributed by atoms with van der Waals surface area (Å²) in [5, 5.41) is 26.6. The number of anilines is 1. The molecule has 0 aliphatic rings. The van der Waals surface area contributed by atoms with Crippen LogP contribution in [0.15, 0.2) is 17.5 Å². The number of carbonyl (C=O) groups is 1. The highest BCUT2D eigenvalue weighted by molar-refractivity contribution is 6.03. The van der Waals surface area contributed by atoms with Crippen LogP contribution in [0.3, 0.4) is 0 Å². The minimum Gasteiger partial charge on any atom is -0.478 e. The Kier molecular flexibility index (Phi) is 4.13. The predicted octanol–water partition coefficient (Wildman–Crippen LogP) is 1.85. The van der Waals surface area contributed by atoms with E-state index in [1.54, 1.807) is 17.8 Å².